The molecule has 94 valence electrons. The summed E-state index contributed by atoms with van der Waals surface area (Å²) in [4.78, 5) is 7.98. The molecular formula is C12H15N5S. The van der Waals surface area contributed by atoms with Crippen LogP contribution in [0, 0.1) is 0 Å². The Bertz CT molecular complexity index is 494. The van der Waals surface area contributed by atoms with Gasteiger partial charge < -0.3 is 5.32 Å². The number of hydrogen-bond acceptors (Lipinski definition) is 6. The van der Waals surface area contributed by atoms with Gasteiger partial charge in [-0.1, -0.05) is 11.3 Å². The van der Waals surface area contributed by atoms with E-state index < -0.39 is 0 Å². The Balaban J connectivity index is 1.52. The molecule has 5 nitrogen and oxygen atoms in total. The van der Waals surface area contributed by atoms with Gasteiger partial charge in [0.2, 0.25) is 0 Å². The van der Waals surface area contributed by atoms with Gasteiger partial charge in [-0.25, -0.2) is 9.97 Å². The molecule has 1 saturated carbocycles. The van der Waals surface area contributed by atoms with Crippen LogP contribution >= 0.6 is 11.3 Å². The first-order valence-corrected chi connectivity index (χ1v) is 7.04. The summed E-state index contributed by atoms with van der Waals surface area (Å²) in [6.45, 7) is 1.08. The second kappa shape index (κ2) is 5.49. The molecule has 18 heavy (non-hydrogen) atoms. The van der Waals surface area contributed by atoms with Crippen molar-refractivity contribution >= 4 is 11.3 Å². The minimum absolute atomic E-state index is 0.788. The molecule has 2 aromatic rings. The smallest absolute Gasteiger partial charge is 0.150 e. The average Bonchev–Trinajstić information content (AvgIpc) is 3.12. The summed E-state index contributed by atoms with van der Waals surface area (Å²) >= 11 is 1.63. The molecule has 0 bridgehead atoms. The van der Waals surface area contributed by atoms with Gasteiger partial charge >= 0.3 is 0 Å². The van der Waals surface area contributed by atoms with Crippen molar-refractivity contribution in [2.75, 3.05) is 6.54 Å². The van der Waals surface area contributed by atoms with E-state index in [1.165, 1.54) is 19.2 Å². The molecule has 1 fully saturated rings. The highest BCUT2D eigenvalue weighted by Gasteiger charge is 2.19. The zero-order chi connectivity index (χ0) is 12.2. The van der Waals surface area contributed by atoms with Crippen molar-refractivity contribution in [3.05, 3.63) is 23.7 Å². The van der Waals surface area contributed by atoms with Crippen LogP contribution in [-0.4, -0.2) is 32.8 Å². The van der Waals surface area contributed by atoms with Crippen molar-refractivity contribution in [2.24, 2.45) is 0 Å². The van der Waals surface area contributed by atoms with Crippen molar-refractivity contribution in [3.8, 4) is 10.6 Å². The maximum absolute atomic E-state index is 4.21. The molecule has 0 saturated heterocycles. The predicted molar refractivity (Wildman–Crippen MR) is 70.3 cm³/mol. The van der Waals surface area contributed by atoms with Crippen LogP contribution in [0.2, 0.25) is 0 Å². The SMILES string of the molecule is c1ncc(-c2nnc(CCCNC3CC3)s2)cn1. The van der Waals surface area contributed by atoms with Crippen LogP contribution in [0.5, 0.6) is 0 Å². The zero-order valence-corrected chi connectivity index (χ0v) is 10.9. The van der Waals surface area contributed by atoms with Gasteiger partial charge in [-0.15, -0.1) is 10.2 Å². The average molecular weight is 261 g/mol. The first-order valence-electron chi connectivity index (χ1n) is 6.23. The molecule has 2 heterocycles. The van der Waals surface area contributed by atoms with E-state index in [1.54, 1.807) is 23.7 Å². The van der Waals surface area contributed by atoms with Crippen LogP contribution < -0.4 is 5.32 Å². The van der Waals surface area contributed by atoms with Crippen molar-refractivity contribution in [1.29, 1.82) is 0 Å². The van der Waals surface area contributed by atoms with E-state index in [9.17, 15) is 0 Å². The second-order valence-electron chi connectivity index (χ2n) is 4.46. The molecule has 0 radical (unpaired) electrons. The number of nitrogens with one attached hydrogen (secondary N) is 1. The lowest BCUT2D eigenvalue weighted by molar-refractivity contribution is 0.643. The third-order valence-corrected chi connectivity index (χ3v) is 3.88. The minimum Gasteiger partial charge on any atom is -0.314 e. The largest absolute Gasteiger partial charge is 0.314 e. The minimum atomic E-state index is 0.788. The van der Waals surface area contributed by atoms with E-state index in [0.717, 1.165) is 41.0 Å². The predicted octanol–water partition coefficient (Wildman–Crippen LogP) is 1.68. The van der Waals surface area contributed by atoms with Gasteiger partial charge in [-0.2, -0.15) is 0 Å². The van der Waals surface area contributed by atoms with Crippen molar-refractivity contribution < 1.29 is 0 Å². The summed E-state index contributed by atoms with van der Waals surface area (Å²) in [7, 11) is 0. The Morgan fingerprint density at radius 3 is 2.83 bits per heavy atom. The summed E-state index contributed by atoms with van der Waals surface area (Å²) in [5.74, 6) is 0. The van der Waals surface area contributed by atoms with Crippen molar-refractivity contribution in [3.63, 3.8) is 0 Å². The lowest BCUT2D eigenvalue weighted by Crippen LogP contribution is -2.17. The Kier molecular flexibility index (Phi) is 3.56. The van der Waals surface area contributed by atoms with Gasteiger partial charge in [-0.3, -0.25) is 0 Å². The molecule has 0 spiro atoms. The van der Waals surface area contributed by atoms with E-state index in [1.807, 2.05) is 0 Å². The standard InChI is InChI=1S/C12H15N5S/c1(5-15-10-3-4-10)2-11-16-17-12(18-11)9-6-13-8-14-7-9/h6-8,10,15H,1-5H2. The maximum atomic E-state index is 4.21. The van der Waals surface area contributed by atoms with E-state index in [-0.39, 0.29) is 0 Å². The summed E-state index contributed by atoms with van der Waals surface area (Å²) in [6.07, 6.45) is 9.86. The van der Waals surface area contributed by atoms with Crippen LogP contribution in [0.15, 0.2) is 18.7 Å². The van der Waals surface area contributed by atoms with Crippen molar-refractivity contribution in [1.82, 2.24) is 25.5 Å². The third-order valence-electron chi connectivity index (χ3n) is 2.85. The molecule has 1 N–H and O–H groups in total. The second-order valence-corrected chi connectivity index (χ2v) is 5.52. The molecule has 0 aliphatic heterocycles. The summed E-state index contributed by atoms with van der Waals surface area (Å²) in [5, 5.41) is 13.9. The number of rotatable bonds is 6. The Labute approximate surface area is 110 Å². The molecule has 0 aromatic carbocycles. The number of hydrogen-bond donors (Lipinski definition) is 1. The Hall–Kier alpha value is -1.40. The molecule has 3 rings (SSSR count). The maximum Gasteiger partial charge on any atom is 0.150 e. The molecule has 0 atom stereocenters. The topological polar surface area (TPSA) is 63.6 Å². The van der Waals surface area contributed by atoms with E-state index in [4.69, 9.17) is 0 Å². The molecule has 2 aromatic heterocycles. The normalized spacial score (nSPS) is 14.9. The van der Waals surface area contributed by atoms with Gasteiger partial charge in [0.1, 0.15) is 11.3 Å². The van der Waals surface area contributed by atoms with Crippen LogP contribution in [0.25, 0.3) is 10.6 Å². The van der Waals surface area contributed by atoms with Crippen LogP contribution in [0.4, 0.5) is 0 Å². The third kappa shape index (κ3) is 3.08. The highest BCUT2D eigenvalue weighted by Crippen LogP contribution is 2.22. The van der Waals surface area contributed by atoms with Crippen molar-refractivity contribution in [2.45, 2.75) is 31.7 Å². The quantitative estimate of drug-likeness (QED) is 0.802. The highest BCUT2D eigenvalue weighted by molar-refractivity contribution is 7.14. The van der Waals surface area contributed by atoms with Gasteiger partial charge in [-0.05, 0) is 25.8 Å². The highest BCUT2D eigenvalue weighted by atomic mass is 32.1. The lowest BCUT2D eigenvalue weighted by Gasteiger charge is -1.99. The molecule has 0 unspecified atom stereocenters. The first kappa shape index (κ1) is 11.7. The Morgan fingerprint density at radius 2 is 2.06 bits per heavy atom. The molecule has 6 heteroatoms. The van der Waals surface area contributed by atoms with Crippen LogP contribution in [-0.2, 0) is 6.42 Å². The van der Waals surface area contributed by atoms with Gasteiger partial charge in [0.05, 0.1) is 0 Å². The number of nitrogens with zero attached hydrogens (tertiary/aromatic N) is 4. The Morgan fingerprint density at radius 1 is 1.22 bits per heavy atom. The summed E-state index contributed by atoms with van der Waals surface area (Å²) in [5.41, 5.74) is 0.942. The van der Waals surface area contributed by atoms with E-state index >= 15 is 0 Å². The van der Waals surface area contributed by atoms with Gasteiger partial charge in [0.15, 0.2) is 5.01 Å². The zero-order valence-electron chi connectivity index (χ0n) is 10.0. The van der Waals surface area contributed by atoms with E-state index in [2.05, 4.69) is 25.5 Å². The van der Waals surface area contributed by atoms with Gasteiger partial charge in [0, 0.05) is 30.4 Å². The first-order chi connectivity index (χ1) is 8.92. The van der Waals surface area contributed by atoms with Crippen LogP contribution in [0.3, 0.4) is 0 Å². The molecule has 1 aliphatic carbocycles. The number of aromatic nitrogens is 4. The monoisotopic (exact) mass is 261 g/mol. The lowest BCUT2D eigenvalue weighted by atomic mass is 10.3. The van der Waals surface area contributed by atoms with Gasteiger partial charge in [0.25, 0.3) is 0 Å². The molecule has 1 aliphatic rings. The molecule has 0 amide bonds. The fraction of sp³-hybridized carbons (Fsp3) is 0.500. The number of aryl methyl sites for hydroxylation is 1. The fourth-order valence-corrected chi connectivity index (χ4v) is 2.57. The fourth-order valence-electron chi connectivity index (χ4n) is 1.71. The van der Waals surface area contributed by atoms with Crippen LogP contribution in [0.1, 0.15) is 24.3 Å². The molecular weight excluding hydrogens is 246 g/mol. The summed E-state index contributed by atoms with van der Waals surface area (Å²) in [6, 6.07) is 0.788. The summed E-state index contributed by atoms with van der Waals surface area (Å²) < 4.78 is 0. The van der Waals surface area contributed by atoms with E-state index in [0.29, 0.717) is 0 Å².